The molecular weight excluding hydrogens is 454 g/mol. The minimum absolute atomic E-state index is 0.0615. The minimum atomic E-state index is -0.475. The molecule has 5 heterocycles. The average molecular weight is 474 g/mol. The number of hydrogen-bond donors (Lipinski definition) is 1. The zero-order valence-electron chi connectivity index (χ0n) is 19.1. The second-order valence-electron chi connectivity index (χ2n) is 8.20. The molecule has 2 N–H and O–H groups in total. The van der Waals surface area contributed by atoms with Gasteiger partial charge in [-0.05, 0) is 29.8 Å². The highest BCUT2D eigenvalue weighted by molar-refractivity contribution is 5.70. The molecule has 0 saturated heterocycles. The van der Waals surface area contributed by atoms with Crippen LogP contribution in [0.25, 0.3) is 28.3 Å². The number of nitrogens with two attached hydrogens (primary N) is 1. The maximum Gasteiger partial charge on any atom is 0.224 e. The fraction of sp³-hybridized carbons (Fsp3) is 0.0769. The summed E-state index contributed by atoms with van der Waals surface area (Å²) in [6, 6.07) is 14.0. The molecule has 0 bridgehead atoms. The van der Waals surface area contributed by atoms with Gasteiger partial charge < -0.3 is 10.5 Å². The van der Waals surface area contributed by atoms with E-state index in [4.69, 9.17) is 10.5 Å². The Balaban J connectivity index is 1.46. The van der Waals surface area contributed by atoms with E-state index < -0.39 is 5.92 Å². The Kier molecular flexibility index (Phi) is 5.01. The Labute approximate surface area is 206 Å². The van der Waals surface area contributed by atoms with E-state index in [0.717, 1.165) is 33.8 Å². The summed E-state index contributed by atoms with van der Waals surface area (Å²) >= 11 is 0. The van der Waals surface area contributed by atoms with E-state index in [0.29, 0.717) is 17.1 Å². The standard InChI is InChI=1S/C26H19N9O/c1-34-26-22(23(33-34)18-13-30-15-31-14-18)21(20(11-27)24(28)36-26)16-4-6-19(7-5-16)35-10-9-32-25(35)17-3-2-8-29-12-17/h2-10,12-15,21H,28H2,1H3. The molecule has 6 rings (SSSR count). The van der Waals surface area contributed by atoms with E-state index in [1.165, 1.54) is 6.33 Å². The van der Waals surface area contributed by atoms with Gasteiger partial charge in [0, 0.05) is 61.0 Å². The Morgan fingerprint density at radius 1 is 1.00 bits per heavy atom. The first kappa shape index (κ1) is 21.2. The SMILES string of the molecule is Cn1nc(-c2cncnc2)c2c1OC(N)=C(C#N)C2c1ccc(-n2ccnc2-c2cccnc2)cc1. The highest BCUT2D eigenvalue weighted by atomic mass is 16.5. The van der Waals surface area contributed by atoms with Gasteiger partial charge in [0.25, 0.3) is 0 Å². The molecular formula is C26H19N9O. The number of nitrogens with zero attached hydrogens (tertiary/aromatic N) is 8. The first-order valence-corrected chi connectivity index (χ1v) is 11.1. The van der Waals surface area contributed by atoms with Gasteiger partial charge >= 0.3 is 0 Å². The van der Waals surface area contributed by atoms with Crippen molar-refractivity contribution in [2.24, 2.45) is 12.8 Å². The van der Waals surface area contributed by atoms with E-state index >= 15 is 0 Å². The van der Waals surface area contributed by atoms with Crippen LogP contribution in [0.15, 0.2) is 91.4 Å². The molecule has 0 spiro atoms. The van der Waals surface area contributed by atoms with Crippen molar-refractivity contribution in [2.75, 3.05) is 0 Å². The molecule has 174 valence electrons. The smallest absolute Gasteiger partial charge is 0.224 e. The van der Waals surface area contributed by atoms with Gasteiger partial charge in [0.05, 0.1) is 11.5 Å². The molecule has 10 nitrogen and oxygen atoms in total. The number of benzene rings is 1. The predicted molar refractivity (Wildman–Crippen MR) is 130 cm³/mol. The summed E-state index contributed by atoms with van der Waals surface area (Å²) in [7, 11) is 1.77. The number of rotatable bonds is 4. The van der Waals surface area contributed by atoms with E-state index in [1.807, 2.05) is 47.2 Å². The van der Waals surface area contributed by atoms with Gasteiger partial charge in [0.15, 0.2) is 0 Å². The lowest BCUT2D eigenvalue weighted by molar-refractivity contribution is 0.358. The molecule has 0 amide bonds. The molecule has 1 unspecified atom stereocenters. The van der Waals surface area contributed by atoms with Crippen LogP contribution in [0.3, 0.4) is 0 Å². The van der Waals surface area contributed by atoms with Gasteiger partial charge in [0.1, 0.15) is 29.5 Å². The summed E-state index contributed by atoms with van der Waals surface area (Å²) in [6.45, 7) is 0. The number of aromatic nitrogens is 7. The van der Waals surface area contributed by atoms with Crippen molar-refractivity contribution in [1.82, 2.24) is 34.3 Å². The highest BCUT2D eigenvalue weighted by Gasteiger charge is 2.36. The van der Waals surface area contributed by atoms with E-state index in [9.17, 15) is 5.26 Å². The quantitative estimate of drug-likeness (QED) is 0.420. The van der Waals surface area contributed by atoms with Crippen molar-refractivity contribution in [3.63, 3.8) is 0 Å². The average Bonchev–Trinajstić information content (AvgIpc) is 3.54. The third kappa shape index (κ3) is 3.38. The lowest BCUT2D eigenvalue weighted by atomic mass is 9.83. The molecule has 1 aromatic carbocycles. The summed E-state index contributed by atoms with van der Waals surface area (Å²) in [5.41, 5.74) is 11.3. The monoisotopic (exact) mass is 473 g/mol. The van der Waals surface area contributed by atoms with Crippen LogP contribution >= 0.6 is 0 Å². The second kappa shape index (κ2) is 8.48. The number of fused-ring (bicyclic) bond motifs is 1. The van der Waals surface area contributed by atoms with Crippen molar-refractivity contribution < 1.29 is 4.74 Å². The predicted octanol–water partition coefficient (Wildman–Crippen LogP) is 3.34. The van der Waals surface area contributed by atoms with Crippen LogP contribution in [0.4, 0.5) is 0 Å². The van der Waals surface area contributed by atoms with Crippen LogP contribution in [0, 0.1) is 11.3 Å². The first-order valence-electron chi connectivity index (χ1n) is 11.1. The number of imidazole rings is 1. The normalized spacial score (nSPS) is 14.7. The highest BCUT2D eigenvalue weighted by Crippen LogP contribution is 2.46. The number of aryl methyl sites for hydroxylation is 1. The third-order valence-corrected chi connectivity index (χ3v) is 6.10. The van der Waals surface area contributed by atoms with Crippen LogP contribution in [0.1, 0.15) is 17.0 Å². The zero-order chi connectivity index (χ0) is 24.6. The number of ether oxygens (including phenoxy) is 1. The van der Waals surface area contributed by atoms with Crippen molar-refractivity contribution in [1.29, 1.82) is 5.26 Å². The number of nitriles is 1. The molecule has 1 aliphatic rings. The van der Waals surface area contributed by atoms with Gasteiger partial charge in [-0.15, -0.1) is 0 Å². The maximum atomic E-state index is 10.0. The van der Waals surface area contributed by atoms with Gasteiger partial charge in [-0.2, -0.15) is 10.4 Å². The van der Waals surface area contributed by atoms with Crippen molar-refractivity contribution in [2.45, 2.75) is 5.92 Å². The summed E-state index contributed by atoms with van der Waals surface area (Å²) in [6.07, 6.45) is 12.0. The number of allylic oxidation sites excluding steroid dienone is 1. The van der Waals surface area contributed by atoms with Crippen molar-refractivity contribution in [3.8, 4) is 40.3 Å². The fourth-order valence-corrected chi connectivity index (χ4v) is 4.49. The van der Waals surface area contributed by atoms with Crippen molar-refractivity contribution >= 4 is 0 Å². The Morgan fingerprint density at radius 2 is 1.78 bits per heavy atom. The molecule has 0 fully saturated rings. The van der Waals surface area contributed by atoms with Crippen LogP contribution in [0.5, 0.6) is 5.88 Å². The van der Waals surface area contributed by atoms with E-state index in [-0.39, 0.29) is 5.88 Å². The summed E-state index contributed by atoms with van der Waals surface area (Å²) in [4.78, 5) is 17.0. The number of hydrogen-bond acceptors (Lipinski definition) is 8. The Bertz CT molecular complexity index is 1630. The van der Waals surface area contributed by atoms with Gasteiger partial charge in [-0.1, -0.05) is 12.1 Å². The van der Waals surface area contributed by atoms with Crippen LogP contribution < -0.4 is 10.5 Å². The van der Waals surface area contributed by atoms with E-state index in [1.54, 1.807) is 42.7 Å². The topological polar surface area (TPSA) is 133 Å². The second-order valence-corrected chi connectivity index (χ2v) is 8.20. The molecule has 36 heavy (non-hydrogen) atoms. The molecule has 4 aromatic heterocycles. The lowest BCUT2D eigenvalue weighted by Crippen LogP contribution is -2.21. The van der Waals surface area contributed by atoms with E-state index in [2.05, 4.69) is 31.1 Å². The zero-order valence-corrected chi connectivity index (χ0v) is 19.1. The maximum absolute atomic E-state index is 10.0. The molecule has 0 aliphatic carbocycles. The summed E-state index contributed by atoms with van der Waals surface area (Å²) in [5, 5.41) is 14.7. The van der Waals surface area contributed by atoms with Crippen LogP contribution in [0.2, 0.25) is 0 Å². The van der Waals surface area contributed by atoms with Crippen LogP contribution in [-0.4, -0.2) is 34.3 Å². The molecule has 1 atom stereocenters. The largest absolute Gasteiger partial charge is 0.422 e. The van der Waals surface area contributed by atoms with Crippen LogP contribution in [-0.2, 0) is 7.05 Å². The molecule has 0 saturated carbocycles. The van der Waals surface area contributed by atoms with Gasteiger partial charge in [0.2, 0.25) is 11.8 Å². The third-order valence-electron chi connectivity index (χ3n) is 6.10. The molecule has 0 radical (unpaired) electrons. The molecule has 1 aliphatic heterocycles. The molecule has 10 heteroatoms. The number of pyridine rings is 1. The summed E-state index contributed by atoms with van der Waals surface area (Å²) in [5.74, 6) is 0.848. The lowest BCUT2D eigenvalue weighted by Gasteiger charge is -2.25. The van der Waals surface area contributed by atoms with Gasteiger partial charge in [-0.3, -0.25) is 9.55 Å². The van der Waals surface area contributed by atoms with Gasteiger partial charge in [-0.25, -0.2) is 19.6 Å². The summed E-state index contributed by atoms with van der Waals surface area (Å²) < 4.78 is 9.45. The minimum Gasteiger partial charge on any atom is -0.422 e. The fourth-order valence-electron chi connectivity index (χ4n) is 4.49. The molecule has 5 aromatic rings. The van der Waals surface area contributed by atoms with Crippen molar-refractivity contribution in [3.05, 3.63) is 102 Å². The Hall–Kier alpha value is -5.30. The Morgan fingerprint density at radius 3 is 2.50 bits per heavy atom. The first-order chi connectivity index (χ1) is 17.7.